The highest BCUT2D eigenvalue weighted by Gasteiger charge is 2.44. The Kier molecular flexibility index (Phi) is 5.05. The smallest absolute Gasteiger partial charge is 0.235 e. The molecule has 0 aliphatic carbocycles. The topological polar surface area (TPSA) is 92.5 Å². The molecule has 3 N–H and O–H groups in total. The first-order valence-corrected chi connectivity index (χ1v) is 6.67. The predicted molar refractivity (Wildman–Crippen MR) is 71.0 cm³/mol. The van der Waals surface area contributed by atoms with E-state index in [1.807, 2.05) is 6.92 Å². The SMILES string of the molecule is CCCNC(CCN1C(=O)CC(C)(C)C1=O)C(N)=O. The number of nitrogens with one attached hydrogen (secondary N) is 1. The van der Waals surface area contributed by atoms with Gasteiger partial charge in [0, 0.05) is 13.0 Å². The molecule has 0 saturated carbocycles. The van der Waals surface area contributed by atoms with E-state index in [0.717, 1.165) is 6.42 Å². The molecule has 6 nitrogen and oxygen atoms in total. The molecule has 1 fully saturated rings. The number of amides is 3. The Morgan fingerprint density at radius 3 is 2.53 bits per heavy atom. The maximum absolute atomic E-state index is 12.0. The summed E-state index contributed by atoms with van der Waals surface area (Å²) in [6, 6.07) is -0.496. The fourth-order valence-electron chi connectivity index (χ4n) is 2.18. The summed E-state index contributed by atoms with van der Waals surface area (Å²) in [5.41, 5.74) is 4.67. The second-order valence-electron chi connectivity index (χ2n) is 5.61. The number of nitrogens with zero attached hydrogens (tertiary/aromatic N) is 1. The van der Waals surface area contributed by atoms with Crippen molar-refractivity contribution < 1.29 is 14.4 Å². The van der Waals surface area contributed by atoms with Crippen LogP contribution in [0.15, 0.2) is 0 Å². The van der Waals surface area contributed by atoms with Crippen LogP contribution in [-0.2, 0) is 14.4 Å². The summed E-state index contributed by atoms with van der Waals surface area (Å²) in [6.07, 6.45) is 1.48. The summed E-state index contributed by atoms with van der Waals surface area (Å²) in [6.45, 7) is 6.43. The largest absolute Gasteiger partial charge is 0.368 e. The Hall–Kier alpha value is -1.43. The molecule has 108 valence electrons. The van der Waals surface area contributed by atoms with Gasteiger partial charge in [0.25, 0.3) is 0 Å². The van der Waals surface area contributed by atoms with Gasteiger partial charge in [-0.05, 0) is 19.4 Å². The summed E-state index contributed by atoms with van der Waals surface area (Å²) < 4.78 is 0. The minimum Gasteiger partial charge on any atom is -0.368 e. The van der Waals surface area contributed by atoms with Gasteiger partial charge in [0.05, 0.1) is 11.5 Å². The lowest BCUT2D eigenvalue weighted by molar-refractivity contribution is -0.141. The second-order valence-corrected chi connectivity index (χ2v) is 5.61. The number of primary amides is 1. The van der Waals surface area contributed by atoms with E-state index in [1.165, 1.54) is 4.90 Å². The van der Waals surface area contributed by atoms with Gasteiger partial charge >= 0.3 is 0 Å². The third kappa shape index (κ3) is 3.76. The number of hydrogen-bond donors (Lipinski definition) is 2. The van der Waals surface area contributed by atoms with Crippen molar-refractivity contribution in [2.45, 2.75) is 46.1 Å². The first-order chi connectivity index (χ1) is 8.79. The van der Waals surface area contributed by atoms with E-state index >= 15 is 0 Å². The summed E-state index contributed by atoms with van der Waals surface area (Å²) in [7, 11) is 0. The molecule has 1 aliphatic rings. The van der Waals surface area contributed by atoms with E-state index in [4.69, 9.17) is 5.73 Å². The number of imide groups is 1. The molecule has 0 bridgehead atoms. The summed E-state index contributed by atoms with van der Waals surface area (Å²) >= 11 is 0. The van der Waals surface area contributed by atoms with Gasteiger partial charge in [0.2, 0.25) is 17.7 Å². The molecule has 0 radical (unpaired) electrons. The monoisotopic (exact) mass is 269 g/mol. The Bertz CT molecular complexity index is 379. The molecule has 0 aromatic rings. The Labute approximate surface area is 113 Å². The van der Waals surface area contributed by atoms with Crippen LogP contribution in [0.5, 0.6) is 0 Å². The first kappa shape index (κ1) is 15.6. The molecule has 1 heterocycles. The van der Waals surface area contributed by atoms with Gasteiger partial charge in [-0.3, -0.25) is 19.3 Å². The van der Waals surface area contributed by atoms with E-state index in [9.17, 15) is 14.4 Å². The molecule has 6 heteroatoms. The van der Waals surface area contributed by atoms with Gasteiger partial charge in [-0.15, -0.1) is 0 Å². The third-order valence-electron chi connectivity index (χ3n) is 3.34. The molecule has 0 aromatic carbocycles. The summed E-state index contributed by atoms with van der Waals surface area (Å²) in [5, 5.41) is 3.02. The minimum absolute atomic E-state index is 0.170. The molecule has 1 atom stereocenters. The van der Waals surface area contributed by atoms with E-state index in [1.54, 1.807) is 13.8 Å². The fourth-order valence-corrected chi connectivity index (χ4v) is 2.18. The number of rotatable bonds is 7. The van der Waals surface area contributed by atoms with Crippen LogP contribution in [0.4, 0.5) is 0 Å². The molecular formula is C13H23N3O3. The molecule has 1 saturated heterocycles. The molecular weight excluding hydrogens is 246 g/mol. The number of hydrogen-bond acceptors (Lipinski definition) is 4. The number of nitrogens with two attached hydrogens (primary N) is 1. The first-order valence-electron chi connectivity index (χ1n) is 6.67. The van der Waals surface area contributed by atoms with Crippen LogP contribution in [0, 0.1) is 5.41 Å². The quantitative estimate of drug-likeness (QED) is 0.637. The van der Waals surface area contributed by atoms with Crippen LogP contribution in [0.2, 0.25) is 0 Å². The van der Waals surface area contributed by atoms with Crippen molar-refractivity contribution in [2.75, 3.05) is 13.1 Å². The van der Waals surface area contributed by atoms with Gasteiger partial charge in [-0.2, -0.15) is 0 Å². The van der Waals surface area contributed by atoms with Crippen molar-refractivity contribution in [2.24, 2.45) is 11.1 Å². The van der Waals surface area contributed by atoms with Crippen molar-refractivity contribution in [3.05, 3.63) is 0 Å². The highest BCUT2D eigenvalue weighted by Crippen LogP contribution is 2.31. The van der Waals surface area contributed by atoms with Crippen molar-refractivity contribution in [3.63, 3.8) is 0 Å². The average Bonchev–Trinajstić information content (AvgIpc) is 2.49. The Morgan fingerprint density at radius 1 is 1.47 bits per heavy atom. The Balaban J connectivity index is 2.57. The van der Waals surface area contributed by atoms with E-state index in [2.05, 4.69) is 5.32 Å². The highest BCUT2D eigenvalue weighted by molar-refractivity contribution is 6.05. The van der Waals surface area contributed by atoms with Gasteiger partial charge < -0.3 is 11.1 Å². The van der Waals surface area contributed by atoms with Crippen LogP contribution in [0.3, 0.4) is 0 Å². The third-order valence-corrected chi connectivity index (χ3v) is 3.34. The molecule has 1 unspecified atom stereocenters. The molecule has 0 aromatic heterocycles. The second kappa shape index (κ2) is 6.14. The van der Waals surface area contributed by atoms with Crippen molar-refractivity contribution >= 4 is 17.7 Å². The highest BCUT2D eigenvalue weighted by atomic mass is 16.2. The van der Waals surface area contributed by atoms with Crippen molar-refractivity contribution in [1.29, 1.82) is 0 Å². The van der Waals surface area contributed by atoms with Crippen molar-refractivity contribution in [1.82, 2.24) is 10.2 Å². The zero-order valence-electron chi connectivity index (χ0n) is 11.9. The van der Waals surface area contributed by atoms with Crippen LogP contribution in [0.25, 0.3) is 0 Å². The molecule has 3 amide bonds. The number of carbonyl (C=O) groups is 3. The zero-order chi connectivity index (χ0) is 14.6. The summed E-state index contributed by atoms with van der Waals surface area (Å²) in [4.78, 5) is 36.3. The average molecular weight is 269 g/mol. The number of carbonyl (C=O) groups excluding carboxylic acids is 3. The van der Waals surface area contributed by atoms with Crippen LogP contribution < -0.4 is 11.1 Å². The van der Waals surface area contributed by atoms with E-state index in [-0.39, 0.29) is 24.8 Å². The van der Waals surface area contributed by atoms with Gasteiger partial charge in [-0.25, -0.2) is 0 Å². The predicted octanol–water partition coefficient (Wildman–Crippen LogP) is 0.0151. The lowest BCUT2D eigenvalue weighted by atomic mass is 9.92. The van der Waals surface area contributed by atoms with Crippen molar-refractivity contribution in [3.8, 4) is 0 Å². The fraction of sp³-hybridized carbons (Fsp3) is 0.769. The van der Waals surface area contributed by atoms with Gasteiger partial charge in [-0.1, -0.05) is 20.8 Å². The Morgan fingerprint density at radius 2 is 2.11 bits per heavy atom. The zero-order valence-corrected chi connectivity index (χ0v) is 11.9. The number of likely N-dealkylation sites (tertiary alicyclic amines) is 1. The van der Waals surface area contributed by atoms with E-state index in [0.29, 0.717) is 13.0 Å². The van der Waals surface area contributed by atoms with Crippen LogP contribution in [-0.4, -0.2) is 41.8 Å². The maximum atomic E-state index is 12.0. The minimum atomic E-state index is -0.629. The lowest BCUT2D eigenvalue weighted by Gasteiger charge is -2.20. The molecule has 0 spiro atoms. The molecule has 19 heavy (non-hydrogen) atoms. The van der Waals surface area contributed by atoms with Gasteiger partial charge in [0.1, 0.15) is 0 Å². The summed E-state index contributed by atoms with van der Waals surface area (Å²) in [5.74, 6) is -0.795. The normalized spacial score (nSPS) is 19.8. The maximum Gasteiger partial charge on any atom is 0.235 e. The van der Waals surface area contributed by atoms with E-state index < -0.39 is 17.4 Å². The van der Waals surface area contributed by atoms with Crippen LogP contribution in [0.1, 0.15) is 40.0 Å². The molecule has 1 aliphatic heterocycles. The van der Waals surface area contributed by atoms with Crippen LogP contribution >= 0.6 is 0 Å². The lowest BCUT2D eigenvalue weighted by Crippen LogP contribution is -2.45. The van der Waals surface area contributed by atoms with Gasteiger partial charge in [0.15, 0.2) is 0 Å². The standard InChI is InChI=1S/C13H23N3O3/c1-4-6-15-9(11(14)18)5-7-16-10(17)8-13(2,3)12(16)19/h9,15H,4-8H2,1-3H3,(H2,14,18). The molecule has 1 rings (SSSR count).